The molecule has 0 aliphatic carbocycles. The lowest BCUT2D eigenvalue weighted by atomic mass is 10.1. The van der Waals surface area contributed by atoms with Gasteiger partial charge in [-0.15, -0.1) is 0 Å². The number of hydrogen-bond donors (Lipinski definition) is 1. The predicted octanol–water partition coefficient (Wildman–Crippen LogP) is 5.28. The molecule has 3 rings (SSSR count). The Labute approximate surface area is 177 Å². The second-order valence-electron chi connectivity index (χ2n) is 6.15. The molecule has 1 amide bonds. The van der Waals surface area contributed by atoms with Gasteiger partial charge in [0, 0.05) is 10.6 Å². The average Bonchev–Trinajstić information content (AvgIpc) is 2.68. The lowest BCUT2D eigenvalue weighted by Gasteiger charge is -2.07. The van der Waals surface area contributed by atoms with E-state index in [1.54, 1.807) is 42.5 Å². The molecule has 1 N–H and O–H groups in total. The minimum absolute atomic E-state index is 0.207. The average molecular weight is 427 g/mol. The van der Waals surface area contributed by atoms with Crippen LogP contribution < -0.4 is 10.2 Å². The van der Waals surface area contributed by atoms with Crippen LogP contribution in [0.5, 0.6) is 5.75 Å². The van der Waals surface area contributed by atoms with Crippen LogP contribution in [-0.2, 0) is 0 Å². The molecule has 0 unspecified atom stereocenters. The molecule has 3 aromatic carbocycles. The van der Waals surface area contributed by atoms with Gasteiger partial charge in [0.1, 0.15) is 5.75 Å². The van der Waals surface area contributed by atoms with E-state index in [9.17, 15) is 9.59 Å². The zero-order valence-corrected chi connectivity index (χ0v) is 16.9. The standard InChI is InChI=1S/C22H16Cl2N2O3/c1-14-5-7-16(8-6-14)21(27)26-25-13-15-3-2-4-18(11-15)29-22(28)19-10-9-17(23)12-20(19)24/h2-13H,1H3,(H,26,27). The van der Waals surface area contributed by atoms with Crippen molar-refractivity contribution >= 4 is 41.3 Å². The molecule has 0 radical (unpaired) electrons. The fourth-order valence-corrected chi connectivity index (χ4v) is 2.90. The third-order valence-corrected chi connectivity index (χ3v) is 4.46. The fraction of sp³-hybridized carbons (Fsp3) is 0.0455. The number of carbonyl (C=O) groups excluding carboxylic acids is 2. The number of benzene rings is 3. The first kappa shape index (κ1) is 20.6. The van der Waals surface area contributed by atoms with Crippen molar-refractivity contribution in [1.82, 2.24) is 5.43 Å². The molecule has 7 heteroatoms. The van der Waals surface area contributed by atoms with E-state index in [1.807, 2.05) is 19.1 Å². The number of esters is 1. The number of rotatable bonds is 5. The summed E-state index contributed by atoms with van der Waals surface area (Å²) in [4.78, 5) is 24.4. The molecule has 0 fully saturated rings. The van der Waals surface area contributed by atoms with Gasteiger partial charge in [0.05, 0.1) is 16.8 Å². The number of hydrazone groups is 1. The molecular weight excluding hydrogens is 411 g/mol. The molecule has 5 nitrogen and oxygen atoms in total. The van der Waals surface area contributed by atoms with Crippen molar-refractivity contribution in [3.05, 3.63) is 99.0 Å². The molecule has 0 aliphatic heterocycles. The van der Waals surface area contributed by atoms with Crippen molar-refractivity contribution in [2.75, 3.05) is 0 Å². The summed E-state index contributed by atoms with van der Waals surface area (Å²) in [6, 6.07) is 18.4. The Kier molecular flexibility index (Phi) is 6.65. The highest BCUT2D eigenvalue weighted by Crippen LogP contribution is 2.23. The zero-order valence-electron chi connectivity index (χ0n) is 15.4. The van der Waals surface area contributed by atoms with E-state index in [1.165, 1.54) is 18.3 Å². The van der Waals surface area contributed by atoms with E-state index >= 15 is 0 Å². The molecule has 0 heterocycles. The van der Waals surface area contributed by atoms with Gasteiger partial charge in [-0.2, -0.15) is 5.10 Å². The first-order valence-electron chi connectivity index (χ1n) is 8.60. The van der Waals surface area contributed by atoms with Gasteiger partial charge in [-0.3, -0.25) is 4.79 Å². The zero-order chi connectivity index (χ0) is 20.8. The highest BCUT2D eigenvalue weighted by molar-refractivity contribution is 6.36. The van der Waals surface area contributed by atoms with Crippen LogP contribution in [0, 0.1) is 6.92 Å². The fourth-order valence-electron chi connectivity index (χ4n) is 2.41. The largest absolute Gasteiger partial charge is 0.423 e. The summed E-state index contributed by atoms with van der Waals surface area (Å²) in [5.74, 6) is -0.607. The van der Waals surface area contributed by atoms with Crippen LogP contribution >= 0.6 is 23.2 Å². The molecular formula is C22H16Cl2N2O3. The molecule has 0 spiro atoms. The van der Waals surface area contributed by atoms with Crippen LogP contribution in [0.4, 0.5) is 0 Å². The van der Waals surface area contributed by atoms with Crippen molar-refractivity contribution in [3.63, 3.8) is 0 Å². The highest BCUT2D eigenvalue weighted by Gasteiger charge is 2.13. The van der Waals surface area contributed by atoms with Crippen molar-refractivity contribution in [3.8, 4) is 5.75 Å². The summed E-state index contributed by atoms with van der Waals surface area (Å²) in [5.41, 5.74) is 4.88. The van der Waals surface area contributed by atoms with Crippen LogP contribution in [0.3, 0.4) is 0 Å². The molecule has 3 aromatic rings. The molecule has 29 heavy (non-hydrogen) atoms. The van der Waals surface area contributed by atoms with Gasteiger partial charge in [-0.05, 0) is 55.0 Å². The number of amides is 1. The Hall–Kier alpha value is -3.15. The number of carbonyl (C=O) groups is 2. The summed E-state index contributed by atoms with van der Waals surface area (Å²) in [6.45, 7) is 1.94. The number of ether oxygens (including phenoxy) is 1. The normalized spacial score (nSPS) is 10.7. The topological polar surface area (TPSA) is 67.8 Å². The molecule has 0 atom stereocenters. The van der Waals surface area contributed by atoms with E-state index in [2.05, 4.69) is 10.5 Å². The summed E-state index contributed by atoms with van der Waals surface area (Å²) in [7, 11) is 0. The van der Waals surface area contributed by atoms with Gasteiger partial charge in [0.25, 0.3) is 5.91 Å². The molecule has 0 bridgehead atoms. The van der Waals surface area contributed by atoms with Gasteiger partial charge < -0.3 is 4.74 Å². The smallest absolute Gasteiger partial charge is 0.345 e. The van der Waals surface area contributed by atoms with Crippen molar-refractivity contribution in [2.24, 2.45) is 5.10 Å². The van der Waals surface area contributed by atoms with Crippen LogP contribution in [-0.4, -0.2) is 18.1 Å². The third-order valence-electron chi connectivity index (χ3n) is 3.91. The maximum Gasteiger partial charge on any atom is 0.345 e. The Morgan fingerprint density at radius 2 is 1.76 bits per heavy atom. The third kappa shape index (κ3) is 5.67. The van der Waals surface area contributed by atoms with Crippen molar-refractivity contribution < 1.29 is 14.3 Å². The first-order chi connectivity index (χ1) is 13.9. The lowest BCUT2D eigenvalue weighted by Crippen LogP contribution is -2.17. The maximum atomic E-state index is 12.3. The van der Waals surface area contributed by atoms with E-state index in [-0.39, 0.29) is 16.5 Å². The molecule has 0 saturated carbocycles. The number of nitrogens with one attached hydrogen (secondary N) is 1. The van der Waals surface area contributed by atoms with E-state index in [0.717, 1.165) is 5.56 Å². The van der Waals surface area contributed by atoms with E-state index in [0.29, 0.717) is 21.9 Å². The van der Waals surface area contributed by atoms with Crippen LogP contribution in [0.2, 0.25) is 10.0 Å². The number of hydrogen-bond acceptors (Lipinski definition) is 4. The minimum atomic E-state index is -0.603. The van der Waals surface area contributed by atoms with Gasteiger partial charge in [-0.1, -0.05) is 53.0 Å². The van der Waals surface area contributed by atoms with Crippen molar-refractivity contribution in [1.29, 1.82) is 0 Å². The SMILES string of the molecule is Cc1ccc(C(=O)NN=Cc2cccc(OC(=O)c3ccc(Cl)cc3Cl)c2)cc1. The molecule has 0 aliphatic rings. The van der Waals surface area contributed by atoms with Gasteiger partial charge >= 0.3 is 5.97 Å². The molecule has 0 saturated heterocycles. The second-order valence-corrected chi connectivity index (χ2v) is 6.99. The van der Waals surface area contributed by atoms with Crippen LogP contribution in [0.15, 0.2) is 71.8 Å². The lowest BCUT2D eigenvalue weighted by molar-refractivity contribution is 0.0734. The Balaban J connectivity index is 1.64. The molecule has 0 aromatic heterocycles. The quantitative estimate of drug-likeness (QED) is 0.261. The van der Waals surface area contributed by atoms with Gasteiger partial charge in [0.15, 0.2) is 0 Å². The van der Waals surface area contributed by atoms with Crippen LogP contribution in [0.25, 0.3) is 0 Å². The summed E-state index contributed by atoms with van der Waals surface area (Å²) in [6.07, 6.45) is 1.46. The second kappa shape index (κ2) is 9.37. The summed E-state index contributed by atoms with van der Waals surface area (Å²) < 4.78 is 5.35. The van der Waals surface area contributed by atoms with Crippen molar-refractivity contribution in [2.45, 2.75) is 6.92 Å². The Bertz CT molecular complexity index is 1080. The first-order valence-corrected chi connectivity index (χ1v) is 9.35. The number of nitrogens with zero attached hydrogens (tertiary/aromatic N) is 1. The number of halogens is 2. The predicted molar refractivity (Wildman–Crippen MR) is 114 cm³/mol. The summed E-state index contributed by atoms with van der Waals surface area (Å²) in [5, 5.41) is 4.58. The Morgan fingerprint density at radius 1 is 1.00 bits per heavy atom. The number of aryl methyl sites for hydroxylation is 1. The highest BCUT2D eigenvalue weighted by atomic mass is 35.5. The van der Waals surface area contributed by atoms with Gasteiger partial charge in [0.2, 0.25) is 0 Å². The van der Waals surface area contributed by atoms with Gasteiger partial charge in [-0.25, -0.2) is 10.2 Å². The monoisotopic (exact) mass is 426 g/mol. The Morgan fingerprint density at radius 3 is 2.48 bits per heavy atom. The minimum Gasteiger partial charge on any atom is -0.423 e. The van der Waals surface area contributed by atoms with E-state index < -0.39 is 5.97 Å². The van der Waals surface area contributed by atoms with Crippen LogP contribution in [0.1, 0.15) is 31.8 Å². The van der Waals surface area contributed by atoms with E-state index in [4.69, 9.17) is 27.9 Å². The molecule has 146 valence electrons. The maximum absolute atomic E-state index is 12.3. The summed E-state index contributed by atoms with van der Waals surface area (Å²) >= 11 is 11.9.